The smallest absolute Gasteiger partial charge is 0.243 e. The first-order chi connectivity index (χ1) is 17.2. The summed E-state index contributed by atoms with van der Waals surface area (Å²) < 4.78 is 28.8. The number of sulfonamides is 1. The van der Waals surface area contributed by atoms with Gasteiger partial charge in [-0.05, 0) is 57.0 Å². The zero-order valence-electron chi connectivity index (χ0n) is 20.9. The number of hydrogen-bond donors (Lipinski definition) is 1. The molecule has 0 unspecified atom stereocenters. The summed E-state index contributed by atoms with van der Waals surface area (Å²) in [6.07, 6.45) is 0.265. The Balaban J connectivity index is 1.56. The lowest BCUT2D eigenvalue weighted by molar-refractivity contribution is -0.116. The van der Waals surface area contributed by atoms with Gasteiger partial charge in [-0.25, -0.2) is 13.4 Å². The average molecular weight is 522 g/mol. The van der Waals surface area contributed by atoms with Crippen molar-refractivity contribution in [1.29, 1.82) is 0 Å². The topological polar surface area (TPSA) is 79.4 Å². The second-order valence-corrected chi connectivity index (χ2v) is 12.2. The molecule has 0 aliphatic carbocycles. The molecule has 0 saturated heterocycles. The fraction of sp³-hybridized carbons (Fsp3) is 0.286. The van der Waals surface area contributed by atoms with Crippen LogP contribution in [-0.2, 0) is 14.8 Å². The van der Waals surface area contributed by atoms with Gasteiger partial charge in [0.15, 0.2) is 5.13 Å². The van der Waals surface area contributed by atoms with Gasteiger partial charge in [-0.15, -0.1) is 0 Å². The number of carbonyl (C=O) groups is 1. The molecule has 3 aromatic carbocycles. The second-order valence-electron chi connectivity index (χ2n) is 9.30. The van der Waals surface area contributed by atoms with E-state index in [-0.39, 0.29) is 35.2 Å². The monoisotopic (exact) mass is 521 g/mol. The first-order valence-corrected chi connectivity index (χ1v) is 14.3. The van der Waals surface area contributed by atoms with Crippen LogP contribution in [0, 0.1) is 0 Å². The van der Waals surface area contributed by atoms with E-state index in [9.17, 15) is 13.2 Å². The van der Waals surface area contributed by atoms with Crippen molar-refractivity contribution in [2.45, 2.75) is 57.0 Å². The molecule has 0 fully saturated rings. The standard InChI is InChI=1S/C28H31N3O3S2/c1-19(2)31(20(3)4)36(33,34)23-15-16-25-26(17-23)35-28(29-25)30-27(32)18-24(21-11-7-5-8-12-21)22-13-9-6-10-14-22/h5-17,19-20,24H,18H2,1-4H3,(H,29,30,32). The molecular weight excluding hydrogens is 490 g/mol. The number of aromatic nitrogens is 1. The quantitative estimate of drug-likeness (QED) is 0.282. The minimum absolute atomic E-state index is 0.0865. The highest BCUT2D eigenvalue weighted by Gasteiger charge is 2.30. The molecule has 0 saturated carbocycles. The molecule has 1 aromatic heterocycles. The van der Waals surface area contributed by atoms with Crippen LogP contribution in [0.2, 0.25) is 0 Å². The van der Waals surface area contributed by atoms with E-state index >= 15 is 0 Å². The van der Waals surface area contributed by atoms with Gasteiger partial charge in [0.05, 0.1) is 15.1 Å². The van der Waals surface area contributed by atoms with Gasteiger partial charge in [0.1, 0.15) is 0 Å². The minimum atomic E-state index is -3.66. The summed E-state index contributed by atoms with van der Waals surface area (Å²) in [5, 5.41) is 3.38. The van der Waals surface area contributed by atoms with E-state index in [0.717, 1.165) is 11.1 Å². The van der Waals surface area contributed by atoms with Crippen LogP contribution in [-0.4, -0.2) is 35.7 Å². The first-order valence-electron chi connectivity index (χ1n) is 12.0. The van der Waals surface area contributed by atoms with Crippen LogP contribution in [0.3, 0.4) is 0 Å². The Bertz CT molecular complexity index is 1390. The predicted octanol–water partition coefficient (Wildman–Crippen LogP) is 6.26. The van der Waals surface area contributed by atoms with Gasteiger partial charge in [0.2, 0.25) is 15.9 Å². The first kappa shape index (κ1) is 26.0. The molecule has 4 rings (SSSR count). The van der Waals surface area contributed by atoms with Crippen molar-refractivity contribution in [3.05, 3.63) is 90.0 Å². The molecule has 8 heteroatoms. The van der Waals surface area contributed by atoms with E-state index in [2.05, 4.69) is 10.3 Å². The third kappa shape index (κ3) is 5.67. The maximum absolute atomic E-state index is 13.3. The maximum Gasteiger partial charge on any atom is 0.243 e. The molecule has 1 N–H and O–H groups in total. The van der Waals surface area contributed by atoms with Crippen molar-refractivity contribution in [3.8, 4) is 0 Å². The van der Waals surface area contributed by atoms with Gasteiger partial charge in [-0.2, -0.15) is 4.31 Å². The predicted molar refractivity (Wildman–Crippen MR) is 147 cm³/mol. The van der Waals surface area contributed by atoms with E-state index < -0.39 is 10.0 Å². The summed E-state index contributed by atoms with van der Waals surface area (Å²) in [5.74, 6) is -0.234. The summed E-state index contributed by atoms with van der Waals surface area (Å²) in [5.41, 5.74) is 2.79. The highest BCUT2D eigenvalue weighted by Crippen LogP contribution is 2.32. The lowest BCUT2D eigenvalue weighted by Gasteiger charge is -2.29. The number of hydrogen-bond acceptors (Lipinski definition) is 5. The van der Waals surface area contributed by atoms with Gasteiger partial charge in [0.25, 0.3) is 0 Å². The highest BCUT2D eigenvalue weighted by molar-refractivity contribution is 7.89. The number of anilines is 1. The van der Waals surface area contributed by atoms with E-state index in [1.54, 1.807) is 18.2 Å². The van der Waals surface area contributed by atoms with Crippen LogP contribution in [0.4, 0.5) is 5.13 Å². The summed E-state index contributed by atoms with van der Waals surface area (Å²) in [4.78, 5) is 17.8. The molecular formula is C28H31N3O3S2. The number of carbonyl (C=O) groups excluding carboxylic acids is 1. The van der Waals surface area contributed by atoms with Gasteiger partial charge < -0.3 is 5.32 Å². The molecule has 0 radical (unpaired) electrons. The molecule has 0 spiro atoms. The van der Waals surface area contributed by atoms with Crippen LogP contribution < -0.4 is 5.32 Å². The second kappa shape index (κ2) is 10.9. The largest absolute Gasteiger partial charge is 0.302 e. The summed E-state index contributed by atoms with van der Waals surface area (Å²) in [6, 6.07) is 24.5. The highest BCUT2D eigenvalue weighted by atomic mass is 32.2. The maximum atomic E-state index is 13.3. The van der Waals surface area contributed by atoms with E-state index in [1.165, 1.54) is 15.6 Å². The summed E-state index contributed by atoms with van der Waals surface area (Å²) >= 11 is 1.28. The summed E-state index contributed by atoms with van der Waals surface area (Å²) in [6.45, 7) is 7.48. The molecule has 36 heavy (non-hydrogen) atoms. The third-order valence-corrected chi connectivity index (χ3v) is 9.17. The van der Waals surface area contributed by atoms with Crippen LogP contribution >= 0.6 is 11.3 Å². The average Bonchev–Trinajstić information content (AvgIpc) is 3.24. The van der Waals surface area contributed by atoms with Gasteiger partial charge >= 0.3 is 0 Å². The number of thiazole rings is 1. The minimum Gasteiger partial charge on any atom is -0.302 e. The van der Waals surface area contributed by atoms with Crippen molar-refractivity contribution in [2.24, 2.45) is 0 Å². The fourth-order valence-electron chi connectivity index (χ4n) is 4.55. The molecule has 0 aliphatic rings. The lowest BCUT2D eigenvalue weighted by atomic mass is 9.88. The normalized spacial score (nSPS) is 12.2. The number of nitrogens with zero attached hydrogens (tertiary/aromatic N) is 2. The van der Waals surface area contributed by atoms with Crippen molar-refractivity contribution < 1.29 is 13.2 Å². The Labute approximate surface area is 217 Å². The van der Waals surface area contributed by atoms with Crippen LogP contribution in [0.15, 0.2) is 83.8 Å². The molecule has 0 bridgehead atoms. The molecule has 188 valence electrons. The van der Waals surface area contributed by atoms with Gasteiger partial charge in [0, 0.05) is 24.4 Å². The Morgan fingerprint density at radius 2 is 1.44 bits per heavy atom. The van der Waals surface area contributed by atoms with E-state index in [1.807, 2.05) is 88.4 Å². The van der Waals surface area contributed by atoms with Crippen molar-refractivity contribution in [2.75, 3.05) is 5.32 Å². The molecule has 6 nitrogen and oxygen atoms in total. The number of benzene rings is 3. The molecule has 0 atom stereocenters. The zero-order chi connectivity index (χ0) is 25.9. The number of nitrogens with one attached hydrogen (secondary N) is 1. The molecule has 1 amide bonds. The molecule has 4 aromatic rings. The van der Waals surface area contributed by atoms with Crippen molar-refractivity contribution >= 4 is 42.6 Å². The van der Waals surface area contributed by atoms with E-state index in [0.29, 0.717) is 15.3 Å². The fourth-order valence-corrected chi connectivity index (χ4v) is 7.40. The van der Waals surface area contributed by atoms with Crippen molar-refractivity contribution in [1.82, 2.24) is 9.29 Å². The zero-order valence-corrected chi connectivity index (χ0v) is 22.5. The number of amides is 1. The number of fused-ring (bicyclic) bond motifs is 1. The van der Waals surface area contributed by atoms with Gasteiger partial charge in [-0.1, -0.05) is 72.0 Å². The lowest BCUT2D eigenvalue weighted by Crippen LogP contribution is -2.41. The Kier molecular flexibility index (Phi) is 7.88. The van der Waals surface area contributed by atoms with Crippen LogP contribution in [0.5, 0.6) is 0 Å². The summed E-state index contributed by atoms with van der Waals surface area (Å²) in [7, 11) is -3.66. The van der Waals surface area contributed by atoms with Gasteiger partial charge in [-0.3, -0.25) is 4.79 Å². The van der Waals surface area contributed by atoms with E-state index in [4.69, 9.17) is 0 Å². The molecule has 0 aliphatic heterocycles. The Morgan fingerprint density at radius 3 is 1.97 bits per heavy atom. The Hall–Kier alpha value is -3.07. The third-order valence-electron chi connectivity index (χ3n) is 5.99. The molecule has 1 heterocycles. The van der Waals surface area contributed by atoms with Crippen LogP contribution in [0.1, 0.15) is 51.2 Å². The van der Waals surface area contributed by atoms with Crippen molar-refractivity contribution in [3.63, 3.8) is 0 Å². The SMILES string of the molecule is CC(C)N(C(C)C)S(=O)(=O)c1ccc2nc(NC(=O)CC(c3ccccc3)c3ccccc3)sc2c1. The Morgan fingerprint density at radius 1 is 0.889 bits per heavy atom. The number of rotatable bonds is 9. The van der Waals surface area contributed by atoms with Crippen LogP contribution in [0.25, 0.3) is 10.2 Å².